The van der Waals surface area contributed by atoms with Crippen molar-refractivity contribution >= 4 is 35.4 Å². The van der Waals surface area contributed by atoms with E-state index in [-0.39, 0.29) is 175 Å². The smallest absolute Gasteiger partial charge is 1.00 e. The summed E-state index contributed by atoms with van der Waals surface area (Å²) in [7, 11) is 0. The average molecular weight is 873 g/mol. The molecule has 21 heteroatoms. The van der Waals surface area contributed by atoms with Crippen LogP contribution < -0.4 is 74.4 Å². The summed E-state index contributed by atoms with van der Waals surface area (Å²) in [5.41, 5.74) is 38.4. The number of hydrogen-bond donors (Lipinski definition) is 0. The Kier molecular flexibility index (Phi) is 136. The zero-order chi connectivity index (χ0) is 30.9. The summed E-state index contributed by atoms with van der Waals surface area (Å²) >= 11 is 0. The minimum Gasteiger partial charge on any atom is -1.00 e. The predicted molar refractivity (Wildman–Crippen MR) is 145 cm³/mol. The van der Waals surface area contributed by atoms with E-state index in [0.29, 0.717) is 0 Å². The Morgan fingerprint density at radius 2 is 0.289 bits per heavy atom. The van der Waals surface area contributed by atoms with Crippen LogP contribution in [0.1, 0.15) is 83.1 Å². The Hall–Kier alpha value is 0.703. The first-order valence-corrected chi connectivity index (χ1v) is 11.4. The number of amides is 6. The Morgan fingerprint density at radius 1 is 0.267 bits per heavy atom. The molecule has 0 rings (SSSR count). The quantitative estimate of drug-likeness (QED) is 0.235. The average Bonchev–Trinajstić information content (AvgIpc) is 2.69. The fourth-order valence-electron chi connectivity index (χ4n) is 0. The number of halogens is 6. The third kappa shape index (κ3) is 134. The van der Waals surface area contributed by atoms with Crippen molar-refractivity contribution in [3.05, 3.63) is 34.4 Å². The molecule has 6 amide bonds. The molecule has 12 nitrogen and oxygen atoms in total. The maximum atomic E-state index is 9.81. The van der Waals surface area contributed by atoms with Gasteiger partial charge in [0.15, 0.2) is 0 Å². The minimum atomic E-state index is -0.491. The zero-order valence-corrected chi connectivity index (χ0v) is 36.9. The van der Waals surface area contributed by atoms with Gasteiger partial charge in [-0.15, -0.1) is 0 Å². The van der Waals surface area contributed by atoms with Crippen molar-refractivity contribution in [2.75, 3.05) is 0 Å². The topological polar surface area (TPSA) is 245 Å². The van der Waals surface area contributed by atoms with Crippen LogP contribution in [0.4, 0.5) is 0 Å². The van der Waals surface area contributed by atoms with Gasteiger partial charge in [-0.25, -0.2) is 0 Å². The second-order valence-electron chi connectivity index (χ2n) is 9.11. The van der Waals surface area contributed by atoms with Gasteiger partial charge in [0, 0.05) is 0 Å². The zero-order valence-electron chi connectivity index (χ0n) is 27.7. The molecule has 0 aliphatic heterocycles. The maximum Gasteiger partial charge on any atom is 4.00 e. The molecule has 0 saturated heterocycles. The summed E-state index contributed by atoms with van der Waals surface area (Å²) in [5, 5.41) is 0. The van der Waals surface area contributed by atoms with Crippen molar-refractivity contribution in [3.63, 3.8) is 0 Å². The van der Waals surface area contributed by atoms with Crippen LogP contribution in [0, 0.1) is 35.5 Å². The minimum absolute atomic E-state index is 0. The molecule has 0 atom stereocenters. The molecule has 0 spiro atoms. The SMILES string of the molecule is CC(C)C([NH-])=O.CC(C)C([NH-])=O.CC(C)C([NH-])=O.CC(C)C([NH-])=O.CC(C)C([NH-])=O.CC(C)C([NH-])=O.[Cl-].[Cl-].[Cl-].[Cl-].[Cl-].[Cl-].[Ti+4].[Ti+4].[Ti+4]. The fraction of sp³-hybridized carbons (Fsp3) is 0.750. The molecule has 0 aliphatic rings. The second kappa shape index (κ2) is 63.4. The van der Waals surface area contributed by atoms with Gasteiger partial charge in [0.05, 0.1) is 35.4 Å². The van der Waals surface area contributed by atoms with Crippen molar-refractivity contribution in [1.29, 1.82) is 0 Å². The number of nitrogens with one attached hydrogen (secondary N) is 6. The number of hydrogen-bond acceptors (Lipinski definition) is 6. The van der Waals surface area contributed by atoms with Crippen LogP contribution in [0.15, 0.2) is 0 Å². The van der Waals surface area contributed by atoms with Crippen LogP contribution in [0.2, 0.25) is 0 Å². The first-order chi connectivity index (χ1) is 15.9. The maximum absolute atomic E-state index is 9.81. The number of carbonyl (C=O) groups is 6. The molecular formula is C24H48Cl6N6O6Ti3. The van der Waals surface area contributed by atoms with E-state index in [1.807, 2.05) is 0 Å². The molecule has 6 N–H and O–H groups in total. The molecule has 45 heavy (non-hydrogen) atoms. The summed E-state index contributed by atoms with van der Waals surface area (Å²) < 4.78 is 0. The Morgan fingerprint density at radius 3 is 0.289 bits per heavy atom. The predicted octanol–water partition coefficient (Wildman–Crippen LogP) is -10.7. The normalized spacial score (nSPS) is 7.33. The van der Waals surface area contributed by atoms with E-state index in [1.54, 1.807) is 83.1 Å². The molecular weight excluding hydrogens is 825 g/mol. The van der Waals surface area contributed by atoms with E-state index in [4.69, 9.17) is 34.4 Å². The van der Waals surface area contributed by atoms with Crippen LogP contribution in [0.25, 0.3) is 34.4 Å². The van der Waals surface area contributed by atoms with Crippen molar-refractivity contribution in [2.24, 2.45) is 35.5 Å². The van der Waals surface area contributed by atoms with Gasteiger partial charge < -0.3 is 138 Å². The molecule has 0 unspecified atom stereocenters. The Labute approximate surface area is 353 Å². The van der Waals surface area contributed by atoms with Gasteiger partial charge in [-0.05, 0) is 35.5 Å². The number of rotatable bonds is 6. The summed E-state index contributed by atoms with van der Waals surface area (Å²) in [6.45, 7) is 20.4. The molecule has 0 aromatic carbocycles. The molecule has 0 aromatic rings. The van der Waals surface area contributed by atoms with Gasteiger partial charge in [-0.3, -0.25) is 0 Å². The fourth-order valence-corrected chi connectivity index (χ4v) is 0. The van der Waals surface area contributed by atoms with E-state index in [2.05, 4.69) is 0 Å². The Bertz CT molecular complexity index is 532. The summed E-state index contributed by atoms with van der Waals surface area (Å²) in [6.07, 6.45) is 0. The van der Waals surface area contributed by atoms with E-state index in [0.717, 1.165) is 0 Å². The molecule has 0 radical (unpaired) electrons. The van der Waals surface area contributed by atoms with Gasteiger partial charge in [0.1, 0.15) is 0 Å². The molecule has 0 saturated carbocycles. The molecule has 264 valence electrons. The van der Waals surface area contributed by atoms with Crippen LogP contribution in [0.5, 0.6) is 0 Å². The van der Waals surface area contributed by atoms with Crippen molar-refractivity contribution in [1.82, 2.24) is 0 Å². The van der Waals surface area contributed by atoms with Crippen LogP contribution in [-0.2, 0) is 93.9 Å². The Balaban J connectivity index is -0.0000000178. The first-order valence-electron chi connectivity index (χ1n) is 11.4. The van der Waals surface area contributed by atoms with Gasteiger partial charge in [0.2, 0.25) is 0 Å². The molecule has 0 heterocycles. The largest absolute Gasteiger partial charge is 4.00 e. The van der Waals surface area contributed by atoms with Crippen molar-refractivity contribution in [2.45, 2.75) is 83.1 Å². The monoisotopic (exact) mass is 870 g/mol. The third-order valence-electron chi connectivity index (χ3n) is 3.15. The van der Waals surface area contributed by atoms with E-state index >= 15 is 0 Å². The van der Waals surface area contributed by atoms with Crippen molar-refractivity contribution < 1.29 is 168 Å². The van der Waals surface area contributed by atoms with Gasteiger partial charge in [0.25, 0.3) is 0 Å². The standard InChI is InChI=1S/6C4H9NO.6ClH.3Ti/c6*1-3(2)4(5)6;;;;;;;;;/h6*3H,1-2H3,(H2,5,6);6*1H;;;/q;;;;;;;;;;;;3*+4/p-12. The molecule has 0 fully saturated rings. The van der Waals surface area contributed by atoms with E-state index in [9.17, 15) is 28.8 Å². The van der Waals surface area contributed by atoms with Crippen LogP contribution >= 0.6 is 0 Å². The van der Waals surface area contributed by atoms with Crippen molar-refractivity contribution in [3.8, 4) is 0 Å². The summed E-state index contributed by atoms with van der Waals surface area (Å²) in [4.78, 5) is 58.9. The van der Waals surface area contributed by atoms with Crippen LogP contribution in [-0.4, -0.2) is 35.4 Å². The van der Waals surface area contributed by atoms with E-state index in [1.165, 1.54) is 0 Å². The molecule has 0 aliphatic carbocycles. The van der Waals surface area contributed by atoms with Gasteiger partial charge >= 0.3 is 65.2 Å². The third-order valence-corrected chi connectivity index (χ3v) is 3.15. The summed E-state index contributed by atoms with van der Waals surface area (Å²) in [5.74, 6) is -3.67. The van der Waals surface area contributed by atoms with Gasteiger partial charge in [-0.2, -0.15) is 0 Å². The summed E-state index contributed by atoms with van der Waals surface area (Å²) in [6, 6.07) is 0. The second-order valence-corrected chi connectivity index (χ2v) is 9.11. The van der Waals surface area contributed by atoms with E-state index < -0.39 is 35.4 Å². The molecule has 0 aromatic heterocycles. The first kappa shape index (κ1) is 96.9. The van der Waals surface area contributed by atoms with Gasteiger partial charge in [-0.1, -0.05) is 83.1 Å². The number of carbonyl (C=O) groups excluding carboxylic acids is 6. The molecule has 0 bridgehead atoms. The van der Waals surface area contributed by atoms with Crippen LogP contribution in [0.3, 0.4) is 0 Å².